The van der Waals surface area contributed by atoms with Gasteiger partial charge in [-0.2, -0.15) is 5.10 Å². The summed E-state index contributed by atoms with van der Waals surface area (Å²) in [6.45, 7) is 3.48. The van der Waals surface area contributed by atoms with Crippen LogP contribution < -0.4 is 4.90 Å². The van der Waals surface area contributed by atoms with Crippen LogP contribution in [0.25, 0.3) is 0 Å². The molecule has 7 nitrogen and oxygen atoms in total. The minimum Gasteiger partial charge on any atom is -0.309 e. The number of carbonyl (C=O) groups excluding carboxylic acids is 1. The number of hydrogen-bond acceptors (Lipinski definition) is 5. The van der Waals surface area contributed by atoms with Crippen molar-refractivity contribution in [1.82, 2.24) is 24.6 Å². The summed E-state index contributed by atoms with van der Waals surface area (Å²) in [6, 6.07) is 0. The lowest BCUT2D eigenvalue weighted by Gasteiger charge is -2.38. The van der Waals surface area contributed by atoms with Gasteiger partial charge in [0.1, 0.15) is 6.33 Å². The van der Waals surface area contributed by atoms with Crippen LogP contribution in [0.3, 0.4) is 0 Å². The maximum absolute atomic E-state index is 13.1. The quantitative estimate of drug-likeness (QED) is 0.849. The average molecular weight is 326 g/mol. The second kappa shape index (κ2) is 5.98. The fourth-order valence-electron chi connectivity index (χ4n) is 4.05. The Morgan fingerprint density at radius 2 is 2.00 bits per heavy atom. The van der Waals surface area contributed by atoms with Gasteiger partial charge in [-0.3, -0.25) is 14.4 Å². The van der Waals surface area contributed by atoms with Crippen LogP contribution in [0.5, 0.6) is 0 Å². The van der Waals surface area contributed by atoms with E-state index in [1.807, 2.05) is 29.0 Å². The number of piperidine rings is 1. The molecule has 2 aromatic heterocycles. The van der Waals surface area contributed by atoms with Crippen molar-refractivity contribution in [3.63, 3.8) is 0 Å². The number of amides is 1. The van der Waals surface area contributed by atoms with Gasteiger partial charge in [-0.05, 0) is 25.8 Å². The van der Waals surface area contributed by atoms with E-state index in [0.717, 1.165) is 51.1 Å². The standard InChI is InChI=1S/C17H22N6O/c1-21-10-14(7-20-21)11-22-5-2-3-17(12-22)4-6-23(16(17)24)15-8-18-13-19-9-15/h7-10,13H,2-6,11-12H2,1H3. The summed E-state index contributed by atoms with van der Waals surface area (Å²) < 4.78 is 1.83. The van der Waals surface area contributed by atoms with Gasteiger partial charge >= 0.3 is 0 Å². The Labute approximate surface area is 141 Å². The Morgan fingerprint density at radius 1 is 1.17 bits per heavy atom. The zero-order valence-corrected chi connectivity index (χ0v) is 13.9. The molecule has 2 fully saturated rings. The van der Waals surface area contributed by atoms with E-state index >= 15 is 0 Å². The van der Waals surface area contributed by atoms with Gasteiger partial charge in [0.05, 0.1) is 29.7 Å². The van der Waals surface area contributed by atoms with E-state index in [1.165, 1.54) is 11.9 Å². The van der Waals surface area contributed by atoms with Gasteiger partial charge in [0.2, 0.25) is 5.91 Å². The second-order valence-corrected chi connectivity index (χ2v) is 6.92. The fourth-order valence-corrected chi connectivity index (χ4v) is 4.05. The molecule has 1 amide bonds. The summed E-state index contributed by atoms with van der Waals surface area (Å²) in [5.41, 5.74) is 1.76. The lowest BCUT2D eigenvalue weighted by molar-refractivity contribution is -0.128. The minimum absolute atomic E-state index is 0.230. The molecule has 1 unspecified atom stereocenters. The molecule has 0 radical (unpaired) electrons. The predicted molar refractivity (Wildman–Crippen MR) is 89.2 cm³/mol. The van der Waals surface area contributed by atoms with Gasteiger partial charge in [0.25, 0.3) is 0 Å². The summed E-state index contributed by atoms with van der Waals surface area (Å²) in [7, 11) is 1.93. The van der Waals surface area contributed by atoms with Crippen LogP contribution in [0.2, 0.25) is 0 Å². The Balaban J connectivity index is 1.49. The number of carbonyl (C=O) groups is 1. The third-order valence-electron chi connectivity index (χ3n) is 5.19. The first kappa shape index (κ1) is 15.3. The van der Waals surface area contributed by atoms with Gasteiger partial charge in [-0.15, -0.1) is 0 Å². The Hall–Kier alpha value is -2.28. The third-order valence-corrected chi connectivity index (χ3v) is 5.19. The number of likely N-dealkylation sites (tertiary alicyclic amines) is 1. The first-order valence-electron chi connectivity index (χ1n) is 8.43. The van der Waals surface area contributed by atoms with Crippen molar-refractivity contribution in [1.29, 1.82) is 0 Å². The third kappa shape index (κ3) is 2.69. The molecule has 0 aromatic carbocycles. The summed E-state index contributed by atoms with van der Waals surface area (Å²) >= 11 is 0. The van der Waals surface area contributed by atoms with E-state index in [9.17, 15) is 4.79 Å². The number of rotatable bonds is 3. The van der Waals surface area contributed by atoms with Crippen LogP contribution >= 0.6 is 0 Å². The summed E-state index contributed by atoms with van der Waals surface area (Å²) in [5.74, 6) is 0.230. The summed E-state index contributed by atoms with van der Waals surface area (Å²) in [4.78, 5) is 25.5. The molecule has 7 heteroatoms. The lowest BCUT2D eigenvalue weighted by Crippen LogP contribution is -2.47. The molecule has 0 aliphatic carbocycles. The van der Waals surface area contributed by atoms with Crippen molar-refractivity contribution >= 4 is 11.6 Å². The molecular weight excluding hydrogens is 304 g/mol. The van der Waals surface area contributed by atoms with Gasteiger partial charge in [-0.1, -0.05) is 0 Å². The molecule has 4 heterocycles. The zero-order valence-electron chi connectivity index (χ0n) is 13.9. The van der Waals surface area contributed by atoms with E-state index in [1.54, 1.807) is 12.4 Å². The molecule has 2 aromatic rings. The number of hydrogen-bond donors (Lipinski definition) is 0. The van der Waals surface area contributed by atoms with Gasteiger partial charge in [0.15, 0.2) is 0 Å². The van der Waals surface area contributed by atoms with Crippen molar-refractivity contribution in [2.75, 3.05) is 24.5 Å². The van der Waals surface area contributed by atoms with E-state index in [-0.39, 0.29) is 11.3 Å². The zero-order chi connectivity index (χ0) is 16.6. The van der Waals surface area contributed by atoms with Gasteiger partial charge < -0.3 is 4.90 Å². The highest BCUT2D eigenvalue weighted by atomic mass is 16.2. The Morgan fingerprint density at radius 3 is 2.75 bits per heavy atom. The second-order valence-electron chi connectivity index (χ2n) is 6.92. The smallest absolute Gasteiger partial charge is 0.234 e. The molecule has 4 rings (SSSR count). The summed E-state index contributed by atoms with van der Waals surface area (Å²) in [6.07, 6.45) is 11.8. The maximum Gasteiger partial charge on any atom is 0.234 e. The van der Waals surface area contributed by atoms with E-state index in [0.29, 0.717) is 0 Å². The number of aromatic nitrogens is 4. The highest BCUT2D eigenvalue weighted by molar-refractivity contribution is 5.99. The SMILES string of the molecule is Cn1cc(CN2CCCC3(CCN(c4cncnc4)C3=O)C2)cn1. The van der Waals surface area contributed by atoms with Crippen LogP contribution in [0.15, 0.2) is 31.1 Å². The van der Waals surface area contributed by atoms with Crippen molar-refractivity contribution < 1.29 is 4.79 Å². The van der Waals surface area contributed by atoms with Crippen molar-refractivity contribution in [3.8, 4) is 0 Å². The normalized spacial score (nSPS) is 24.9. The molecule has 1 atom stereocenters. The van der Waals surface area contributed by atoms with Gasteiger partial charge in [-0.25, -0.2) is 9.97 Å². The molecule has 2 aliphatic heterocycles. The molecule has 0 bridgehead atoms. The first-order chi connectivity index (χ1) is 11.7. The van der Waals surface area contributed by atoms with Crippen LogP contribution in [-0.2, 0) is 18.4 Å². The number of aryl methyl sites for hydroxylation is 1. The largest absolute Gasteiger partial charge is 0.309 e. The number of anilines is 1. The van der Waals surface area contributed by atoms with Crippen molar-refractivity contribution in [3.05, 3.63) is 36.7 Å². The fraction of sp³-hybridized carbons (Fsp3) is 0.529. The summed E-state index contributed by atoms with van der Waals surface area (Å²) in [5, 5.41) is 4.24. The maximum atomic E-state index is 13.1. The molecule has 1 spiro atoms. The molecule has 0 saturated carbocycles. The topological polar surface area (TPSA) is 67.2 Å². The predicted octanol–water partition coefficient (Wildman–Crippen LogP) is 1.23. The Kier molecular flexibility index (Phi) is 3.80. The van der Waals surface area contributed by atoms with E-state index in [2.05, 4.69) is 20.0 Å². The molecule has 0 N–H and O–H groups in total. The molecule has 24 heavy (non-hydrogen) atoms. The van der Waals surface area contributed by atoms with Crippen molar-refractivity contribution in [2.24, 2.45) is 12.5 Å². The molecule has 2 aliphatic rings. The number of nitrogens with zero attached hydrogens (tertiary/aromatic N) is 6. The first-order valence-corrected chi connectivity index (χ1v) is 8.43. The average Bonchev–Trinajstić information content (AvgIpc) is 3.13. The van der Waals surface area contributed by atoms with Crippen LogP contribution in [0.4, 0.5) is 5.69 Å². The molecule has 126 valence electrons. The monoisotopic (exact) mass is 326 g/mol. The molecule has 2 saturated heterocycles. The highest BCUT2D eigenvalue weighted by Gasteiger charge is 2.49. The highest BCUT2D eigenvalue weighted by Crippen LogP contribution is 2.41. The van der Waals surface area contributed by atoms with Crippen LogP contribution in [0, 0.1) is 5.41 Å². The van der Waals surface area contributed by atoms with Crippen LogP contribution in [-0.4, -0.2) is 50.2 Å². The minimum atomic E-state index is -0.254. The van der Waals surface area contributed by atoms with Crippen molar-refractivity contribution in [2.45, 2.75) is 25.8 Å². The van der Waals surface area contributed by atoms with E-state index in [4.69, 9.17) is 0 Å². The lowest BCUT2D eigenvalue weighted by atomic mass is 9.78. The van der Waals surface area contributed by atoms with E-state index < -0.39 is 0 Å². The molecular formula is C17H22N6O. The Bertz CT molecular complexity index is 730. The van der Waals surface area contributed by atoms with Gasteiger partial charge in [0, 0.05) is 38.4 Å². The van der Waals surface area contributed by atoms with Crippen LogP contribution in [0.1, 0.15) is 24.8 Å².